The summed E-state index contributed by atoms with van der Waals surface area (Å²) in [6.07, 6.45) is 12.7. The molecule has 2 bridgehead atoms. The molecule has 26 heavy (non-hydrogen) atoms. The lowest BCUT2D eigenvalue weighted by atomic mass is 9.95. The number of amides is 2. The van der Waals surface area contributed by atoms with Crippen molar-refractivity contribution in [3.05, 3.63) is 23.8 Å². The summed E-state index contributed by atoms with van der Waals surface area (Å²) in [5.41, 5.74) is 1.16. The lowest BCUT2D eigenvalue weighted by Gasteiger charge is -2.39. The van der Waals surface area contributed by atoms with E-state index in [4.69, 9.17) is 0 Å². The first kappa shape index (κ1) is 17.4. The maximum atomic E-state index is 12.8. The zero-order valence-corrected chi connectivity index (χ0v) is 15.5. The summed E-state index contributed by atoms with van der Waals surface area (Å²) in [7, 11) is 0. The number of rotatable bonds is 4. The minimum atomic E-state index is -0.160. The van der Waals surface area contributed by atoms with Crippen molar-refractivity contribution in [1.82, 2.24) is 20.2 Å². The summed E-state index contributed by atoms with van der Waals surface area (Å²) in [6, 6.07) is 0.702. The molecule has 6 heteroatoms. The molecular formula is C20H28N4O2. The third-order valence-electron chi connectivity index (χ3n) is 6.31. The van der Waals surface area contributed by atoms with Crippen LogP contribution in [0.2, 0.25) is 0 Å². The van der Waals surface area contributed by atoms with Crippen molar-refractivity contribution in [2.24, 2.45) is 5.92 Å². The fourth-order valence-electron chi connectivity index (χ4n) is 5.04. The molecule has 2 amide bonds. The summed E-state index contributed by atoms with van der Waals surface area (Å²) in [6.45, 7) is 1.85. The molecule has 2 aliphatic heterocycles. The predicted molar refractivity (Wildman–Crippen MR) is 97.5 cm³/mol. The topological polar surface area (TPSA) is 75.2 Å². The van der Waals surface area contributed by atoms with Gasteiger partial charge in [0.05, 0.1) is 11.9 Å². The minimum Gasteiger partial charge on any atom is -0.348 e. The number of piperidine rings is 1. The molecule has 1 saturated carbocycles. The van der Waals surface area contributed by atoms with E-state index in [1.165, 1.54) is 31.9 Å². The standard InChI is InChI=1S/C20H28N4O2/c1-13-11-22-18(12-21-13)20(26)23-15-9-16-6-7-17(10-15)24(16)19(25)8-14-4-2-3-5-14/h11-12,14-17H,2-10H2,1H3,(H,23,26). The van der Waals surface area contributed by atoms with E-state index >= 15 is 0 Å². The molecule has 2 atom stereocenters. The second-order valence-corrected chi connectivity index (χ2v) is 8.23. The highest BCUT2D eigenvalue weighted by Gasteiger charge is 2.43. The Morgan fingerprint density at radius 1 is 1.08 bits per heavy atom. The third kappa shape index (κ3) is 3.60. The molecule has 1 aliphatic carbocycles. The highest BCUT2D eigenvalue weighted by Crippen LogP contribution is 2.38. The van der Waals surface area contributed by atoms with Crippen molar-refractivity contribution < 1.29 is 9.59 Å². The van der Waals surface area contributed by atoms with Crippen LogP contribution in [0.1, 0.15) is 74.0 Å². The van der Waals surface area contributed by atoms with E-state index in [-0.39, 0.29) is 24.0 Å². The van der Waals surface area contributed by atoms with Crippen LogP contribution in [0.4, 0.5) is 0 Å². The van der Waals surface area contributed by atoms with E-state index in [2.05, 4.69) is 20.2 Å². The molecule has 2 unspecified atom stereocenters. The van der Waals surface area contributed by atoms with Gasteiger partial charge in [-0.2, -0.15) is 0 Å². The Kier molecular flexibility index (Phi) is 4.92. The highest BCUT2D eigenvalue weighted by atomic mass is 16.2. The van der Waals surface area contributed by atoms with Crippen LogP contribution in [0.5, 0.6) is 0 Å². The molecule has 6 nitrogen and oxygen atoms in total. The van der Waals surface area contributed by atoms with Crippen LogP contribution in [0.3, 0.4) is 0 Å². The van der Waals surface area contributed by atoms with Crippen LogP contribution in [-0.2, 0) is 4.79 Å². The van der Waals surface area contributed by atoms with Gasteiger partial charge in [-0.15, -0.1) is 0 Å². The fraction of sp³-hybridized carbons (Fsp3) is 0.700. The number of hydrogen-bond acceptors (Lipinski definition) is 4. The number of nitrogens with one attached hydrogen (secondary N) is 1. The smallest absolute Gasteiger partial charge is 0.271 e. The lowest BCUT2D eigenvalue weighted by Crippen LogP contribution is -2.52. The summed E-state index contributed by atoms with van der Waals surface area (Å²) in [5, 5.41) is 3.11. The Labute approximate surface area is 154 Å². The Morgan fingerprint density at radius 2 is 1.77 bits per heavy atom. The van der Waals surface area contributed by atoms with Gasteiger partial charge in [-0.3, -0.25) is 14.6 Å². The molecule has 3 fully saturated rings. The SMILES string of the molecule is Cc1cnc(C(=O)NC2CC3CCC(C2)N3C(=O)CC2CCCC2)cn1. The van der Waals surface area contributed by atoms with Crippen LogP contribution >= 0.6 is 0 Å². The van der Waals surface area contributed by atoms with E-state index in [9.17, 15) is 9.59 Å². The zero-order chi connectivity index (χ0) is 18.1. The first-order valence-electron chi connectivity index (χ1n) is 10.0. The van der Waals surface area contributed by atoms with Crippen molar-refractivity contribution in [3.63, 3.8) is 0 Å². The first-order valence-corrected chi connectivity index (χ1v) is 10.0. The maximum Gasteiger partial charge on any atom is 0.271 e. The lowest BCUT2D eigenvalue weighted by molar-refractivity contribution is -0.136. The number of fused-ring (bicyclic) bond motifs is 2. The largest absolute Gasteiger partial charge is 0.348 e. The molecule has 3 heterocycles. The zero-order valence-electron chi connectivity index (χ0n) is 15.5. The molecule has 1 aromatic heterocycles. The van der Waals surface area contributed by atoms with Crippen molar-refractivity contribution in [1.29, 1.82) is 0 Å². The number of nitrogens with zero attached hydrogens (tertiary/aromatic N) is 3. The van der Waals surface area contributed by atoms with Gasteiger partial charge < -0.3 is 10.2 Å². The van der Waals surface area contributed by atoms with Gasteiger partial charge in [0.1, 0.15) is 5.69 Å². The average molecular weight is 356 g/mol. The van der Waals surface area contributed by atoms with Crippen LogP contribution in [-0.4, -0.2) is 44.8 Å². The molecule has 1 aromatic rings. The Morgan fingerprint density at radius 3 is 2.38 bits per heavy atom. The second-order valence-electron chi connectivity index (χ2n) is 8.23. The maximum absolute atomic E-state index is 12.8. The van der Waals surface area contributed by atoms with E-state index in [1.807, 2.05) is 6.92 Å². The van der Waals surface area contributed by atoms with Crippen molar-refractivity contribution in [3.8, 4) is 0 Å². The molecule has 4 rings (SSSR count). The van der Waals surface area contributed by atoms with Gasteiger partial charge in [0.25, 0.3) is 5.91 Å². The molecule has 0 radical (unpaired) electrons. The number of aryl methyl sites for hydroxylation is 1. The summed E-state index contributed by atoms with van der Waals surface area (Å²) >= 11 is 0. The van der Waals surface area contributed by atoms with E-state index < -0.39 is 0 Å². The normalized spacial score (nSPS) is 28.3. The summed E-state index contributed by atoms with van der Waals surface area (Å²) in [5.74, 6) is 0.783. The quantitative estimate of drug-likeness (QED) is 0.900. The van der Waals surface area contributed by atoms with E-state index in [0.717, 1.165) is 37.8 Å². The van der Waals surface area contributed by atoms with Crippen LogP contribution < -0.4 is 5.32 Å². The molecule has 3 aliphatic rings. The summed E-state index contributed by atoms with van der Waals surface area (Å²) in [4.78, 5) is 35.7. The van der Waals surface area contributed by atoms with Crippen molar-refractivity contribution >= 4 is 11.8 Å². The average Bonchev–Trinajstić information content (AvgIpc) is 3.21. The van der Waals surface area contributed by atoms with Crippen molar-refractivity contribution in [2.75, 3.05) is 0 Å². The van der Waals surface area contributed by atoms with Gasteiger partial charge in [0.2, 0.25) is 5.91 Å². The van der Waals surface area contributed by atoms with E-state index in [1.54, 1.807) is 6.20 Å². The predicted octanol–water partition coefficient (Wildman–Crippen LogP) is 2.62. The van der Waals surface area contributed by atoms with Crippen LogP contribution in [0, 0.1) is 12.8 Å². The van der Waals surface area contributed by atoms with Gasteiger partial charge in [0.15, 0.2) is 0 Å². The van der Waals surface area contributed by atoms with Gasteiger partial charge in [-0.05, 0) is 51.4 Å². The molecule has 0 spiro atoms. The first-order chi connectivity index (χ1) is 12.6. The second kappa shape index (κ2) is 7.33. The molecule has 0 aromatic carbocycles. The van der Waals surface area contributed by atoms with Crippen LogP contribution in [0.15, 0.2) is 12.4 Å². The van der Waals surface area contributed by atoms with Gasteiger partial charge in [-0.1, -0.05) is 12.8 Å². The van der Waals surface area contributed by atoms with Gasteiger partial charge in [0, 0.05) is 30.7 Å². The molecule has 140 valence electrons. The monoisotopic (exact) mass is 356 g/mol. The Balaban J connectivity index is 1.34. The van der Waals surface area contributed by atoms with E-state index in [0.29, 0.717) is 17.5 Å². The molecule has 2 saturated heterocycles. The number of carbonyl (C=O) groups excluding carboxylic acids is 2. The fourth-order valence-corrected chi connectivity index (χ4v) is 5.04. The molecular weight excluding hydrogens is 328 g/mol. The minimum absolute atomic E-state index is 0.124. The Hall–Kier alpha value is -1.98. The number of carbonyl (C=O) groups is 2. The Bertz CT molecular complexity index is 655. The van der Waals surface area contributed by atoms with Crippen LogP contribution in [0.25, 0.3) is 0 Å². The number of hydrogen-bond donors (Lipinski definition) is 1. The van der Waals surface area contributed by atoms with Gasteiger partial charge in [-0.25, -0.2) is 4.98 Å². The summed E-state index contributed by atoms with van der Waals surface area (Å²) < 4.78 is 0. The molecule has 1 N–H and O–H groups in total. The highest BCUT2D eigenvalue weighted by molar-refractivity contribution is 5.92. The van der Waals surface area contributed by atoms with Gasteiger partial charge >= 0.3 is 0 Å². The van der Waals surface area contributed by atoms with Crippen molar-refractivity contribution in [2.45, 2.75) is 82.8 Å². The number of aromatic nitrogens is 2. The third-order valence-corrected chi connectivity index (χ3v) is 6.31.